The average Bonchev–Trinajstić information content (AvgIpc) is 2.02. The van der Waals surface area contributed by atoms with E-state index in [1.54, 1.807) is 0 Å². The molecule has 0 bridgehead atoms. The van der Waals surface area contributed by atoms with Crippen molar-refractivity contribution in [3.05, 3.63) is 0 Å². The van der Waals surface area contributed by atoms with E-state index in [9.17, 15) is 14.4 Å². The summed E-state index contributed by atoms with van der Waals surface area (Å²) in [7, 11) is 1.18. The minimum Gasteiger partial charge on any atom is -0.468 e. The zero-order valence-electron chi connectivity index (χ0n) is 7.70. The Balaban J connectivity index is 2.79. The van der Waals surface area contributed by atoms with Gasteiger partial charge in [-0.2, -0.15) is 0 Å². The van der Waals surface area contributed by atoms with Crippen LogP contribution in [0.3, 0.4) is 0 Å². The third-order valence-corrected chi connectivity index (χ3v) is 2.18. The van der Waals surface area contributed by atoms with Gasteiger partial charge in [0.15, 0.2) is 17.5 Å². The summed E-state index contributed by atoms with van der Waals surface area (Å²) in [5.74, 6) is -2.43. The van der Waals surface area contributed by atoms with Gasteiger partial charge in [-0.3, -0.25) is 14.4 Å². The van der Waals surface area contributed by atoms with Gasteiger partial charge < -0.3 is 4.74 Å². The summed E-state index contributed by atoms with van der Waals surface area (Å²) >= 11 is 0. The van der Waals surface area contributed by atoms with Gasteiger partial charge in [0.05, 0.1) is 7.11 Å². The molecule has 0 spiro atoms. The van der Waals surface area contributed by atoms with Gasteiger partial charge in [-0.15, -0.1) is 0 Å². The van der Waals surface area contributed by atoms with Crippen molar-refractivity contribution < 1.29 is 19.1 Å². The number of methoxy groups -OCH3 is 1. The summed E-state index contributed by atoms with van der Waals surface area (Å²) in [5, 5.41) is 0. The monoisotopic (exact) mass is 184 g/mol. The third kappa shape index (κ3) is 1.94. The van der Waals surface area contributed by atoms with Crippen LogP contribution in [0.1, 0.15) is 19.8 Å². The summed E-state index contributed by atoms with van der Waals surface area (Å²) in [6.07, 6.45) is 0.594. The standard InChI is InChI=1S/C9H12O4/c1-5-3-6(10)8(7(11)4-5)9(12)13-2/h5,8H,3-4H2,1-2H3. The minimum atomic E-state index is -1.15. The Morgan fingerprint density at radius 1 is 1.31 bits per heavy atom. The first-order chi connectivity index (χ1) is 6.06. The molecule has 72 valence electrons. The highest BCUT2D eigenvalue weighted by Gasteiger charge is 2.39. The van der Waals surface area contributed by atoms with Crippen LogP contribution < -0.4 is 0 Å². The van der Waals surface area contributed by atoms with Gasteiger partial charge in [0, 0.05) is 12.8 Å². The Kier molecular flexibility index (Phi) is 2.80. The van der Waals surface area contributed by atoms with Crippen molar-refractivity contribution in [1.82, 2.24) is 0 Å². The van der Waals surface area contributed by atoms with Gasteiger partial charge in [0.2, 0.25) is 0 Å². The third-order valence-electron chi connectivity index (χ3n) is 2.18. The molecule has 0 saturated heterocycles. The van der Waals surface area contributed by atoms with E-state index in [1.165, 1.54) is 7.11 Å². The smallest absolute Gasteiger partial charge is 0.323 e. The second-order valence-corrected chi connectivity index (χ2v) is 3.40. The van der Waals surface area contributed by atoms with Crippen LogP contribution in [-0.4, -0.2) is 24.6 Å². The van der Waals surface area contributed by atoms with Gasteiger partial charge in [-0.25, -0.2) is 0 Å². The van der Waals surface area contributed by atoms with Gasteiger partial charge >= 0.3 is 5.97 Å². The lowest BCUT2D eigenvalue weighted by molar-refractivity contribution is -0.155. The van der Waals surface area contributed by atoms with E-state index >= 15 is 0 Å². The lowest BCUT2D eigenvalue weighted by atomic mass is 9.81. The zero-order valence-corrected chi connectivity index (χ0v) is 7.70. The number of hydrogen-bond acceptors (Lipinski definition) is 4. The first-order valence-corrected chi connectivity index (χ1v) is 4.19. The van der Waals surface area contributed by atoms with Crippen LogP contribution in [0, 0.1) is 11.8 Å². The van der Waals surface area contributed by atoms with Gasteiger partial charge in [0.25, 0.3) is 0 Å². The molecule has 0 aromatic heterocycles. The number of Topliss-reactive ketones (excluding diaryl/α,β-unsaturated/α-hetero) is 2. The van der Waals surface area contributed by atoms with Crippen molar-refractivity contribution in [3.63, 3.8) is 0 Å². The molecular weight excluding hydrogens is 172 g/mol. The van der Waals surface area contributed by atoms with Crippen LogP contribution in [0.5, 0.6) is 0 Å². The predicted molar refractivity (Wildman–Crippen MR) is 43.9 cm³/mol. The predicted octanol–water partition coefficient (Wildman–Crippen LogP) is 0.344. The Labute approximate surface area is 76.3 Å². The number of esters is 1. The normalized spacial score (nSPS) is 28.8. The topological polar surface area (TPSA) is 60.4 Å². The molecule has 0 atom stereocenters. The fraction of sp³-hybridized carbons (Fsp3) is 0.667. The Morgan fingerprint density at radius 2 is 1.77 bits per heavy atom. The molecule has 0 aliphatic heterocycles. The molecule has 0 unspecified atom stereocenters. The fourth-order valence-electron chi connectivity index (χ4n) is 1.56. The van der Waals surface area contributed by atoms with E-state index in [0.29, 0.717) is 12.8 Å². The summed E-state index contributed by atoms with van der Waals surface area (Å²) in [4.78, 5) is 33.6. The molecule has 1 aliphatic rings. The number of rotatable bonds is 1. The SMILES string of the molecule is COC(=O)C1C(=O)CC(C)CC1=O. The Hall–Kier alpha value is -1.19. The molecule has 0 aromatic rings. The van der Waals surface area contributed by atoms with Gasteiger partial charge in [0.1, 0.15) is 0 Å². The highest BCUT2D eigenvalue weighted by atomic mass is 16.5. The summed E-state index contributed by atoms with van der Waals surface area (Å²) in [6, 6.07) is 0. The maximum absolute atomic E-state index is 11.3. The Bertz CT molecular complexity index is 238. The molecule has 0 heterocycles. The van der Waals surface area contributed by atoms with Gasteiger partial charge in [-0.05, 0) is 5.92 Å². The van der Waals surface area contributed by atoms with Crippen molar-refractivity contribution in [2.45, 2.75) is 19.8 Å². The van der Waals surface area contributed by atoms with E-state index < -0.39 is 11.9 Å². The fourth-order valence-corrected chi connectivity index (χ4v) is 1.56. The van der Waals surface area contributed by atoms with Gasteiger partial charge in [-0.1, -0.05) is 6.92 Å². The van der Waals surface area contributed by atoms with Crippen molar-refractivity contribution in [1.29, 1.82) is 0 Å². The van der Waals surface area contributed by atoms with Crippen LogP contribution in [0.15, 0.2) is 0 Å². The van der Waals surface area contributed by atoms with Crippen molar-refractivity contribution in [2.75, 3.05) is 7.11 Å². The van der Waals surface area contributed by atoms with Crippen LogP contribution >= 0.6 is 0 Å². The van der Waals surface area contributed by atoms with Crippen molar-refractivity contribution in [2.24, 2.45) is 11.8 Å². The van der Waals surface area contributed by atoms with Crippen LogP contribution in [-0.2, 0) is 19.1 Å². The number of carbonyl (C=O) groups excluding carboxylic acids is 3. The molecule has 1 saturated carbocycles. The quantitative estimate of drug-likeness (QED) is 0.435. The van der Waals surface area contributed by atoms with E-state index in [4.69, 9.17) is 0 Å². The van der Waals surface area contributed by atoms with Crippen LogP contribution in [0.2, 0.25) is 0 Å². The summed E-state index contributed by atoms with van der Waals surface area (Å²) in [6.45, 7) is 1.82. The summed E-state index contributed by atoms with van der Waals surface area (Å²) < 4.78 is 4.39. The Morgan fingerprint density at radius 3 is 2.15 bits per heavy atom. The molecule has 0 N–H and O–H groups in total. The largest absolute Gasteiger partial charge is 0.468 e. The molecule has 4 heteroatoms. The lowest BCUT2D eigenvalue weighted by Gasteiger charge is -2.21. The van der Waals surface area contributed by atoms with Crippen LogP contribution in [0.4, 0.5) is 0 Å². The maximum atomic E-state index is 11.3. The molecule has 1 fully saturated rings. The summed E-state index contributed by atoms with van der Waals surface area (Å²) in [5.41, 5.74) is 0. The van der Waals surface area contributed by atoms with Crippen molar-refractivity contribution in [3.8, 4) is 0 Å². The zero-order chi connectivity index (χ0) is 10.0. The van der Waals surface area contributed by atoms with E-state index in [2.05, 4.69) is 4.74 Å². The second-order valence-electron chi connectivity index (χ2n) is 3.40. The van der Waals surface area contributed by atoms with E-state index in [-0.39, 0.29) is 17.5 Å². The molecular formula is C9H12O4. The number of ether oxygens (including phenoxy) is 1. The highest BCUT2D eigenvalue weighted by Crippen LogP contribution is 2.23. The molecule has 1 aliphatic carbocycles. The molecule has 13 heavy (non-hydrogen) atoms. The minimum absolute atomic E-state index is 0.0564. The highest BCUT2D eigenvalue weighted by molar-refractivity contribution is 6.18. The number of carbonyl (C=O) groups is 3. The van der Waals surface area contributed by atoms with E-state index in [0.717, 1.165) is 0 Å². The van der Waals surface area contributed by atoms with Crippen molar-refractivity contribution >= 4 is 17.5 Å². The number of hydrogen-bond donors (Lipinski definition) is 0. The van der Waals surface area contributed by atoms with Crippen LogP contribution in [0.25, 0.3) is 0 Å². The molecule has 0 aromatic carbocycles. The lowest BCUT2D eigenvalue weighted by Crippen LogP contribution is -2.38. The average molecular weight is 184 g/mol. The van der Waals surface area contributed by atoms with E-state index in [1.807, 2.05) is 6.92 Å². The number of ketones is 2. The first kappa shape index (κ1) is 9.89. The molecule has 0 amide bonds. The maximum Gasteiger partial charge on any atom is 0.323 e. The second kappa shape index (κ2) is 3.68. The molecule has 0 radical (unpaired) electrons. The molecule has 4 nitrogen and oxygen atoms in total. The molecule has 1 rings (SSSR count). The first-order valence-electron chi connectivity index (χ1n) is 4.19.